The fourth-order valence-electron chi connectivity index (χ4n) is 1.93. The molecule has 0 atom stereocenters. The van der Waals surface area contributed by atoms with Gasteiger partial charge in [0.25, 0.3) is 0 Å². The van der Waals surface area contributed by atoms with Crippen LogP contribution in [0.15, 0.2) is 22.8 Å². The molecule has 3 aromatic rings. The number of imidazole rings is 2. The molecule has 0 spiro atoms. The van der Waals surface area contributed by atoms with E-state index < -0.39 is 0 Å². The predicted molar refractivity (Wildman–Crippen MR) is 69.2 cm³/mol. The highest BCUT2D eigenvalue weighted by molar-refractivity contribution is 9.10. The first-order valence-electron chi connectivity index (χ1n) is 5.17. The van der Waals surface area contributed by atoms with Crippen LogP contribution in [0, 0.1) is 0 Å². The molecule has 2 aromatic heterocycles. The Balaban J connectivity index is 2.37. The van der Waals surface area contributed by atoms with Gasteiger partial charge in [-0.2, -0.15) is 0 Å². The highest BCUT2D eigenvalue weighted by Gasteiger charge is 2.13. The van der Waals surface area contributed by atoms with Crippen LogP contribution in [0.5, 0.6) is 5.75 Å². The molecule has 0 unspecified atom stereocenters. The van der Waals surface area contributed by atoms with E-state index >= 15 is 0 Å². The zero-order valence-corrected chi connectivity index (χ0v) is 10.8. The molecule has 0 radical (unpaired) electrons. The lowest BCUT2D eigenvalue weighted by Crippen LogP contribution is -1.97. The van der Waals surface area contributed by atoms with E-state index in [1.54, 1.807) is 7.11 Å². The molecule has 2 heterocycles. The van der Waals surface area contributed by atoms with Crippen LogP contribution in [-0.4, -0.2) is 21.5 Å². The summed E-state index contributed by atoms with van der Waals surface area (Å²) in [5.41, 5.74) is 8.48. The summed E-state index contributed by atoms with van der Waals surface area (Å²) < 4.78 is 8.09. The lowest BCUT2D eigenvalue weighted by molar-refractivity contribution is 0.415. The number of hydrogen-bond donors (Lipinski definition) is 2. The van der Waals surface area contributed by atoms with Crippen molar-refractivity contribution in [3.63, 3.8) is 0 Å². The highest BCUT2D eigenvalue weighted by atomic mass is 79.9. The number of hydrogen-bond acceptors (Lipinski definition) is 3. The van der Waals surface area contributed by atoms with Crippen molar-refractivity contribution in [2.45, 2.75) is 6.54 Å². The SMILES string of the molecule is COc1ccc2c(c1)nc1[nH]c(CN)c(Br)n12. The Morgan fingerprint density at radius 3 is 3.06 bits per heavy atom. The zero-order valence-electron chi connectivity index (χ0n) is 9.20. The number of fused-ring (bicyclic) bond motifs is 3. The van der Waals surface area contributed by atoms with E-state index in [-0.39, 0.29) is 0 Å². The van der Waals surface area contributed by atoms with Crippen molar-refractivity contribution in [2.75, 3.05) is 7.11 Å². The fourth-order valence-corrected chi connectivity index (χ4v) is 2.55. The van der Waals surface area contributed by atoms with E-state index in [0.717, 1.165) is 32.9 Å². The number of aromatic nitrogens is 3. The Hall–Kier alpha value is -1.53. The summed E-state index contributed by atoms with van der Waals surface area (Å²) in [6.45, 7) is 0.446. The van der Waals surface area contributed by atoms with E-state index in [0.29, 0.717) is 6.54 Å². The molecule has 88 valence electrons. The molecule has 0 fully saturated rings. The molecule has 3 rings (SSSR count). The van der Waals surface area contributed by atoms with Gasteiger partial charge in [-0.25, -0.2) is 4.98 Å². The van der Waals surface area contributed by atoms with Gasteiger partial charge >= 0.3 is 0 Å². The number of nitrogens with two attached hydrogens (primary N) is 1. The minimum Gasteiger partial charge on any atom is -0.497 e. The molecule has 1 aromatic carbocycles. The van der Waals surface area contributed by atoms with Crippen molar-refractivity contribution >= 4 is 32.7 Å². The largest absolute Gasteiger partial charge is 0.497 e. The molecule has 6 heteroatoms. The van der Waals surface area contributed by atoms with Gasteiger partial charge in [-0.05, 0) is 28.1 Å². The normalized spacial score (nSPS) is 11.5. The van der Waals surface area contributed by atoms with Crippen LogP contribution in [0.3, 0.4) is 0 Å². The first-order chi connectivity index (χ1) is 8.24. The van der Waals surface area contributed by atoms with Gasteiger partial charge in [0.15, 0.2) is 0 Å². The Morgan fingerprint density at radius 1 is 1.53 bits per heavy atom. The van der Waals surface area contributed by atoms with Crippen LogP contribution in [-0.2, 0) is 6.54 Å². The number of H-pyrrole nitrogens is 1. The average molecular weight is 295 g/mol. The monoisotopic (exact) mass is 294 g/mol. The predicted octanol–water partition coefficient (Wildman–Crippen LogP) is 2.05. The van der Waals surface area contributed by atoms with Crippen LogP contribution in [0.1, 0.15) is 5.69 Å². The third-order valence-corrected chi connectivity index (χ3v) is 3.61. The van der Waals surface area contributed by atoms with Gasteiger partial charge in [0, 0.05) is 12.6 Å². The minimum absolute atomic E-state index is 0.446. The second-order valence-corrected chi connectivity index (χ2v) is 4.48. The van der Waals surface area contributed by atoms with Crippen molar-refractivity contribution in [1.82, 2.24) is 14.4 Å². The topological polar surface area (TPSA) is 68.3 Å². The molecule has 5 nitrogen and oxygen atoms in total. The summed E-state index contributed by atoms with van der Waals surface area (Å²) in [6.07, 6.45) is 0. The first-order valence-corrected chi connectivity index (χ1v) is 5.96. The van der Waals surface area contributed by atoms with Crippen molar-refractivity contribution in [3.05, 3.63) is 28.5 Å². The van der Waals surface area contributed by atoms with E-state index in [9.17, 15) is 0 Å². The van der Waals surface area contributed by atoms with Gasteiger partial charge in [0.05, 0.1) is 23.8 Å². The Bertz CT molecular complexity index is 700. The van der Waals surface area contributed by atoms with Crippen molar-refractivity contribution in [2.24, 2.45) is 5.73 Å². The van der Waals surface area contributed by atoms with Crippen molar-refractivity contribution in [1.29, 1.82) is 0 Å². The number of aromatic amines is 1. The van der Waals surface area contributed by atoms with Crippen LogP contribution < -0.4 is 10.5 Å². The lowest BCUT2D eigenvalue weighted by Gasteiger charge is -1.99. The molecule has 0 bridgehead atoms. The van der Waals surface area contributed by atoms with Crippen LogP contribution in [0.2, 0.25) is 0 Å². The van der Waals surface area contributed by atoms with E-state index in [4.69, 9.17) is 10.5 Å². The third-order valence-electron chi connectivity index (χ3n) is 2.77. The number of nitrogens with one attached hydrogen (secondary N) is 1. The maximum atomic E-state index is 5.64. The molecular weight excluding hydrogens is 284 g/mol. The molecule has 0 saturated carbocycles. The van der Waals surface area contributed by atoms with Crippen LogP contribution >= 0.6 is 15.9 Å². The zero-order chi connectivity index (χ0) is 12.0. The summed E-state index contributed by atoms with van der Waals surface area (Å²) in [6, 6.07) is 5.80. The molecule has 17 heavy (non-hydrogen) atoms. The third kappa shape index (κ3) is 1.44. The Morgan fingerprint density at radius 2 is 2.35 bits per heavy atom. The van der Waals surface area contributed by atoms with Gasteiger partial charge < -0.3 is 15.5 Å². The maximum absolute atomic E-state index is 5.64. The summed E-state index contributed by atoms with van der Waals surface area (Å²) in [5, 5.41) is 0. The Kier molecular flexibility index (Phi) is 2.34. The van der Waals surface area contributed by atoms with Gasteiger partial charge in [-0.1, -0.05) is 0 Å². The lowest BCUT2D eigenvalue weighted by atomic mass is 10.3. The fraction of sp³-hybridized carbons (Fsp3) is 0.182. The molecule has 0 aliphatic heterocycles. The van der Waals surface area contributed by atoms with E-state index in [1.807, 2.05) is 22.6 Å². The molecule has 0 aliphatic carbocycles. The van der Waals surface area contributed by atoms with E-state index in [1.165, 1.54) is 0 Å². The average Bonchev–Trinajstić information content (AvgIpc) is 2.85. The summed E-state index contributed by atoms with van der Waals surface area (Å²) in [5.74, 6) is 1.58. The number of ether oxygens (including phenoxy) is 1. The quantitative estimate of drug-likeness (QED) is 0.760. The van der Waals surface area contributed by atoms with Gasteiger partial charge in [-0.3, -0.25) is 4.40 Å². The highest BCUT2D eigenvalue weighted by Crippen LogP contribution is 2.26. The standard InChI is InChI=1S/C11H11BrN4O/c1-17-6-2-3-9-7(4-6)14-11-15-8(5-13)10(12)16(9)11/h2-4H,5,13H2,1H3,(H,14,15). The summed E-state index contributed by atoms with van der Waals surface area (Å²) >= 11 is 3.53. The van der Waals surface area contributed by atoms with Gasteiger partial charge in [0.1, 0.15) is 10.4 Å². The first kappa shape index (κ1) is 10.6. The molecular formula is C11H11BrN4O. The van der Waals surface area contributed by atoms with Crippen molar-refractivity contribution < 1.29 is 4.74 Å². The van der Waals surface area contributed by atoms with Gasteiger partial charge in [-0.15, -0.1) is 0 Å². The smallest absolute Gasteiger partial charge is 0.213 e. The maximum Gasteiger partial charge on any atom is 0.213 e. The molecule has 0 amide bonds. The molecule has 0 aliphatic rings. The minimum atomic E-state index is 0.446. The van der Waals surface area contributed by atoms with Crippen LogP contribution in [0.25, 0.3) is 16.8 Å². The number of methoxy groups -OCH3 is 1. The van der Waals surface area contributed by atoms with E-state index in [2.05, 4.69) is 25.9 Å². The summed E-state index contributed by atoms with van der Waals surface area (Å²) in [7, 11) is 1.64. The summed E-state index contributed by atoms with van der Waals surface area (Å²) in [4.78, 5) is 7.67. The van der Waals surface area contributed by atoms with Crippen LogP contribution in [0.4, 0.5) is 0 Å². The number of nitrogens with zero attached hydrogens (tertiary/aromatic N) is 2. The number of benzene rings is 1. The van der Waals surface area contributed by atoms with Gasteiger partial charge in [0.2, 0.25) is 5.78 Å². The molecule has 0 saturated heterocycles. The number of halogens is 1. The van der Waals surface area contributed by atoms with Crippen molar-refractivity contribution in [3.8, 4) is 5.75 Å². The molecule has 3 N–H and O–H groups in total. The number of rotatable bonds is 2. The second kappa shape index (κ2) is 3.75. The second-order valence-electron chi connectivity index (χ2n) is 3.72. The Labute approximate surface area is 106 Å².